The van der Waals surface area contributed by atoms with Crippen LogP contribution in [0.3, 0.4) is 0 Å². The molecular weight excluding hydrogens is 651 g/mol. The molecule has 9 rings (SSSR count). The first-order chi connectivity index (χ1) is 25.8. The van der Waals surface area contributed by atoms with Gasteiger partial charge in [0.25, 0.3) is 0 Å². The first kappa shape index (κ1) is 34.9. The van der Waals surface area contributed by atoms with Crippen LogP contribution in [-0.2, 0) is 21.7 Å². The van der Waals surface area contributed by atoms with Crippen molar-refractivity contribution in [3.63, 3.8) is 0 Å². The third-order valence-electron chi connectivity index (χ3n) is 13.1. The fourth-order valence-electron chi connectivity index (χ4n) is 10.2. The van der Waals surface area contributed by atoms with Crippen molar-refractivity contribution < 1.29 is 0 Å². The molecule has 0 radical (unpaired) electrons. The van der Waals surface area contributed by atoms with Crippen LogP contribution in [0.1, 0.15) is 121 Å². The van der Waals surface area contributed by atoms with Crippen molar-refractivity contribution in [2.75, 3.05) is 4.90 Å². The van der Waals surface area contributed by atoms with Crippen LogP contribution in [0.2, 0.25) is 0 Å². The second kappa shape index (κ2) is 12.3. The number of anilines is 3. The highest BCUT2D eigenvalue weighted by atomic mass is 15.1. The van der Waals surface area contributed by atoms with Gasteiger partial charge in [-0.05, 0) is 127 Å². The number of fused-ring (bicyclic) bond motifs is 8. The molecule has 1 spiro atoms. The Balaban J connectivity index is 1.22. The van der Waals surface area contributed by atoms with Gasteiger partial charge < -0.3 is 4.90 Å². The molecule has 0 N–H and O–H groups in total. The SMILES string of the molecule is CC(C)(C)c1cc(N(c2ccc(-c3cccc4c3C(C)(C)c3ccccc3-4)cc2)c2ccc3c(c2)C2(CCCCC2)c2ccccc2-3)cc(C(C)(C)C)c1. The zero-order valence-electron chi connectivity index (χ0n) is 33.6. The van der Waals surface area contributed by atoms with Crippen molar-refractivity contribution >= 4 is 17.1 Å². The lowest BCUT2D eigenvalue weighted by Gasteiger charge is -2.37. The van der Waals surface area contributed by atoms with E-state index in [1.54, 1.807) is 0 Å². The number of nitrogens with zero attached hydrogens (tertiary/aromatic N) is 1. The first-order valence-electron chi connectivity index (χ1n) is 20.3. The van der Waals surface area contributed by atoms with Gasteiger partial charge in [0.15, 0.2) is 0 Å². The summed E-state index contributed by atoms with van der Waals surface area (Å²) in [6.07, 6.45) is 6.36. The van der Waals surface area contributed by atoms with Gasteiger partial charge in [-0.2, -0.15) is 0 Å². The second-order valence-electron chi connectivity index (χ2n) is 19.0. The Morgan fingerprint density at radius 2 is 0.981 bits per heavy atom. The molecule has 0 unspecified atom stereocenters. The smallest absolute Gasteiger partial charge is 0.0467 e. The lowest BCUT2D eigenvalue weighted by Crippen LogP contribution is -2.28. The van der Waals surface area contributed by atoms with E-state index in [2.05, 4.69) is 188 Å². The fourth-order valence-corrected chi connectivity index (χ4v) is 10.2. The molecule has 3 aliphatic rings. The number of hydrogen-bond acceptors (Lipinski definition) is 1. The van der Waals surface area contributed by atoms with E-state index in [9.17, 15) is 0 Å². The molecule has 6 aromatic rings. The van der Waals surface area contributed by atoms with Crippen LogP contribution in [0.5, 0.6) is 0 Å². The largest absolute Gasteiger partial charge is 0.310 e. The van der Waals surface area contributed by atoms with Gasteiger partial charge in [-0.25, -0.2) is 0 Å². The van der Waals surface area contributed by atoms with Gasteiger partial charge in [-0.15, -0.1) is 0 Å². The van der Waals surface area contributed by atoms with Crippen LogP contribution in [0, 0.1) is 0 Å². The highest BCUT2D eigenvalue weighted by Crippen LogP contribution is 2.57. The molecule has 1 heteroatoms. The third kappa shape index (κ3) is 5.41. The Labute approximate surface area is 324 Å². The predicted molar refractivity (Wildman–Crippen MR) is 231 cm³/mol. The molecular formula is C53H55N. The van der Waals surface area contributed by atoms with Gasteiger partial charge in [0.2, 0.25) is 0 Å². The number of rotatable bonds is 4. The Bertz CT molecular complexity index is 2370. The fraction of sp³-hybridized carbons (Fsp3) is 0.321. The van der Waals surface area contributed by atoms with E-state index in [0.717, 1.165) is 0 Å². The molecule has 0 aliphatic heterocycles. The predicted octanol–water partition coefficient (Wildman–Crippen LogP) is 15.0. The van der Waals surface area contributed by atoms with Crippen molar-refractivity contribution in [3.8, 4) is 33.4 Å². The lowest BCUT2D eigenvalue weighted by atomic mass is 9.68. The molecule has 0 heterocycles. The summed E-state index contributed by atoms with van der Waals surface area (Å²) < 4.78 is 0. The summed E-state index contributed by atoms with van der Waals surface area (Å²) in [6.45, 7) is 18.8. The van der Waals surface area contributed by atoms with E-state index in [-0.39, 0.29) is 21.7 Å². The monoisotopic (exact) mass is 705 g/mol. The lowest BCUT2D eigenvalue weighted by molar-refractivity contribution is 0.353. The summed E-state index contributed by atoms with van der Waals surface area (Å²) in [5, 5.41) is 0. The van der Waals surface area contributed by atoms with E-state index < -0.39 is 0 Å². The molecule has 0 bridgehead atoms. The Hall–Kier alpha value is -4.88. The average molecular weight is 706 g/mol. The van der Waals surface area contributed by atoms with Gasteiger partial charge in [0.05, 0.1) is 0 Å². The maximum Gasteiger partial charge on any atom is 0.0467 e. The quantitative estimate of drug-likeness (QED) is 0.176. The summed E-state index contributed by atoms with van der Waals surface area (Å²) in [7, 11) is 0. The van der Waals surface area contributed by atoms with Crippen molar-refractivity contribution in [2.24, 2.45) is 0 Å². The molecule has 3 aliphatic carbocycles. The Morgan fingerprint density at radius 3 is 1.63 bits per heavy atom. The van der Waals surface area contributed by atoms with Crippen molar-refractivity contribution in [3.05, 3.63) is 161 Å². The topological polar surface area (TPSA) is 3.24 Å². The molecule has 1 fully saturated rings. The van der Waals surface area contributed by atoms with Gasteiger partial charge in [-0.1, -0.05) is 166 Å². The summed E-state index contributed by atoms with van der Waals surface area (Å²) in [6, 6.07) is 49.3. The first-order valence-corrected chi connectivity index (χ1v) is 20.3. The maximum absolute atomic E-state index is 2.57. The summed E-state index contributed by atoms with van der Waals surface area (Å²) >= 11 is 0. The molecule has 272 valence electrons. The van der Waals surface area contributed by atoms with Crippen LogP contribution in [0.4, 0.5) is 17.1 Å². The van der Waals surface area contributed by atoms with Crippen LogP contribution in [0.15, 0.2) is 127 Å². The highest BCUT2D eigenvalue weighted by Gasteiger charge is 2.44. The van der Waals surface area contributed by atoms with Gasteiger partial charge in [-0.3, -0.25) is 0 Å². The molecule has 6 aromatic carbocycles. The average Bonchev–Trinajstić information content (AvgIpc) is 3.56. The number of benzene rings is 6. The Morgan fingerprint density at radius 1 is 0.444 bits per heavy atom. The molecule has 1 saturated carbocycles. The second-order valence-corrected chi connectivity index (χ2v) is 19.0. The molecule has 0 saturated heterocycles. The van der Waals surface area contributed by atoms with E-state index in [0.29, 0.717) is 0 Å². The minimum atomic E-state index is -0.0684. The molecule has 0 amide bonds. The highest BCUT2D eigenvalue weighted by molar-refractivity contribution is 5.90. The number of hydrogen-bond donors (Lipinski definition) is 0. The van der Waals surface area contributed by atoms with Crippen molar-refractivity contribution in [2.45, 2.75) is 109 Å². The zero-order valence-corrected chi connectivity index (χ0v) is 33.6. The maximum atomic E-state index is 2.57. The molecule has 0 atom stereocenters. The zero-order chi connectivity index (χ0) is 37.6. The standard InChI is InChI=1S/C53H55N/c1-50(2,3)36-31-37(51(4,5)6)33-40(32-36)54(39-27-28-44-42-17-11-13-22-47(42)53(48(44)34-39)29-14-9-15-30-53)38-25-23-35(24-26-38)41-19-16-20-45-43-18-10-12-21-46(43)52(7,8)49(41)45/h10-13,16-28,31-34H,9,14-15,29-30H2,1-8H3. The van der Waals surface area contributed by atoms with Crippen LogP contribution in [0.25, 0.3) is 33.4 Å². The Kier molecular flexibility index (Phi) is 7.95. The molecule has 1 nitrogen and oxygen atoms in total. The van der Waals surface area contributed by atoms with Crippen LogP contribution < -0.4 is 4.90 Å². The minimum absolute atomic E-state index is 0.00927. The van der Waals surface area contributed by atoms with E-state index in [1.807, 2.05) is 0 Å². The molecule has 54 heavy (non-hydrogen) atoms. The van der Waals surface area contributed by atoms with Crippen molar-refractivity contribution in [1.82, 2.24) is 0 Å². The van der Waals surface area contributed by atoms with E-state index >= 15 is 0 Å². The van der Waals surface area contributed by atoms with Crippen molar-refractivity contribution in [1.29, 1.82) is 0 Å². The van der Waals surface area contributed by atoms with Gasteiger partial charge in [0.1, 0.15) is 0 Å². The van der Waals surface area contributed by atoms with Gasteiger partial charge in [0, 0.05) is 27.9 Å². The normalized spacial score (nSPS) is 16.4. The summed E-state index contributed by atoms with van der Waals surface area (Å²) in [5.74, 6) is 0. The minimum Gasteiger partial charge on any atom is -0.310 e. The summed E-state index contributed by atoms with van der Waals surface area (Å²) in [4.78, 5) is 2.54. The van der Waals surface area contributed by atoms with Gasteiger partial charge >= 0.3 is 0 Å². The third-order valence-corrected chi connectivity index (χ3v) is 13.1. The van der Waals surface area contributed by atoms with Crippen LogP contribution >= 0.6 is 0 Å². The van der Waals surface area contributed by atoms with E-state index in [1.165, 1.54) is 116 Å². The summed E-state index contributed by atoms with van der Waals surface area (Å²) in [5.41, 5.74) is 20.5. The van der Waals surface area contributed by atoms with Crippen LogP contribution in [-0.4, -0.2) is 0 Å². The molecule has 0 aromatic heterocycles. The van der Waals surface area contributed by atoms with E-state index in [4.69, 9.17) is 0 Å².